The number of alkyl carbamates (subject to hydrolysis) is 1. The van der Waals surface area contributed by atoms with Crippen LogP contribution in [-0.2, 0) is 47.8 Å². The van der Waals surface area contributed by atoms with E-state index in [9.17, 15) is 28.8 Å². The fraction of sp³-hybridized carbons (Fsp3) is 0.240. The number of nitrogen functional groups attached to an aromatic ring is 1. The highest BCUT2D eigenvalue weighted by Gasteiger charge is 2.55. The van der Waals surface area contributed by atoms with Gasteiger partial charge < -0.3 is 40.2 Å². The smallest absolute Gasteiger partial charge is 0.408 e. The first-order valence-electron chi connectivity index (χ1n) is 21.5. The number of ether oxygens (including phenoxy) is 4. The van der Waals surface area contributed by atoms with Crippen molar-refractivity contribution in [1.29, 1.82) is 0 Å². The molecule has 2 aliphatic heterocycles. The van der Waals surface area contributed by atoms with Crippen molar-refractivity contribution in [2.45, 2.75) is 56.0 Å². The Hall–Kier alpha value is -7.77. The third-order valence-corrected chi connectivity index (χ3v) is 12.3. The summed E-state index contributed by atoms with van der Waals surface area (Å²) in [7, 11) is 0. The number of amides is 3. The average molecular weight is 973 g/mol. The summed E-state index contributed by atoms with van der Waals surface area (Å²) < 4.78 is 22.8. The lowest BCUT2D eigenvalue weighted by molar-refractivity contribution is -0.157. The molecular weight excluding hydrogens is 925 g/mol. The number of hydrogen-bond acceptors (Lipinski definition) is 16. The summed E-state index contributed by atoms with van der Waals surface area (Å²) in [5, 5.41) is 9.77. The molecule has 7 rings (SSSR count). The Morgan fingerprint density at radius 2 is 1.39 bits per heavy atom. The number of aromatic nitrogens is 1. The molecule has 0 saturated carbocycles. The maximum Gasteiger partial charge on any atom is 0.408 e. The largest absolute Gasteiger partial charge is 0.460 e. The van der Waals surface area contributed by atoms with E-state index in [-0.39, 0.29) is 22.3 Å². The molecule has 5 aromatic rings. The molecule has 0 spiro atoms. The van der Waals surface area contributed by atoms with Crippen molar-refractivity contribution in [3.63, 3.8) is 0 Å². The molecule has 2 aliphatic rings. The number of esters is 3. The van der Waals surface area contributed by atoms with Crippen LogP contribution in [0.2, 0.25) is 0 Å². The minimum Gasteiger partial charge on any atom is -0.460 e. The normalized spacial score (nSPS) is 16.1. The number of anilines is 1. The molecule has 2 unspecified atom stereocenters. The van der Waals surface area contributed by atoms with Gasteiger partial charge in [0.1, 0.15) is 35.0 Å². The van der Waals surface area contributed by atoms with Crippen LogP contribution in [0.3, 0.4) is 0 Å². The summed E-state index contributed by atoms with van der Waals surface area (Å²) in [4.78, 5) is 92.3. The van der Waals surface area contributed by atoms with Gasteiger partial charge in [-0.1, -0.05) is 139 Å². The SMILES string of the molecule is C=CC1=C(C(=O)OC(c2ccccc2)c2ccccc2)N2C(=O)C(NC(=O)C(=NOCC(=O)OCC(NC(=O)OC(C)(C)C)C(=O)OC(c3ccccc3)c3ccccc3)c3csc(N)n3)[C@@H]2SC1. The van der Waals surface area contributed by atoms with Crippen LogP contribution >= 0.6 is 23.1 Å². The van der Waals surface area contributed by atoms with Crippen LogP contribution in [0.4, 0.5) is 9.93 Å². The van der Waals surface area contributed by atoms with E-state index in [0.717, 1.165) is 22.5 Å². The van der Waals surface area contributed by atoms with E-state index in [1.54, 1.807) is 69.3 Å². The second kappa shape index (κ2) is 22.4. The van der Waals surface area contributed by atoms with Gasteiger partial charge in [-0.15, -0.1) is 23.1 Å². The van der Waals surface area contributed by atoms with Gasteiger partial charge in [0.05, 0.1) is 0 Å². The molecule has 0 aliphatic carbocycles. The molecule has 1 aromatic heterocycles. The van der Waals surface area contributed by atoms with Crippen molar-refractivity contribution >= 4 is 69.8 Å². The summed E-state index contributed by atoms with van der Waals surface area (Å²) >= 11 is 2.30. The third kappa shape index (κ3) is 12.4. The monoisotopic (exact) mass is 972 g/mol. The number of benzene rings is 4. The zero-order chi connectivity index (χ0) is 49.1. The lowest BCUT2D eigenvalue weighted by Gasteiger charge is -2.49. The molecule has 3 amide bonds. The van der Waals surface area contributed by atoms with Gasteiger partial charge in [0.15, 0.2) is 29.1 Å². The Labute approximate surface area is 405 Å². The van der Waals surface area contributed by atoms with Crippen molar-refractivity contribution in [2.75, 3.05) is 24.7 Å². The summed E-state index contributed by atoms with van der Waals surface area (Å²) in [6.45, 7) is 7.21. The van der Waals surface area contributed by atoms with Gasteiger partial charge in [0, 0.05) is 11.1 Å². The predicted molar refractivity (Wildman–Crippen MR) is 257 cm³/mol. The number of hydrogen-bond donors (Lipinski definition) is 3. The number of nitrogens with one attached hydrogen (secondary N) is 2. The zero-order valence-electron chi connectivity index (χ0n) is 37.6. The van der Waals surface area contributed by atoms with Crippen LogP contribution in [0.1, 0.15) is 60.9 Å². The van der Waals surface area contributed by atoms with Gasteiger partial charge in [-0.3, -0.25) is 14.5 Å². The van der Waals surface area contributed by atoms with E-state index in [4.69, 9.17) is 29.5 Å². The number of fused-ring (bicyclic) bond motifs is 1. The van der Waals surface area contributed by atoms with Gasteiger partial charge in [0.2, 0.25) is 6.61 Å². The van der Waals surface area contributed by atoms with Gasteiger partial charge in [0.25, 0.3) is 11.8 Å². The first kappa shape index (κ1) is 49.1. The predicted octanol–water partition coefficient (Wildman–Crippen LogP) is 6.39. The van der Waals surface area contributed by atoms with Crippen molar-refractivity contribution in [3.8, 4) is 0 Å². The van der Waals surface area contributed by atoms with Crippen LogP contribution < -0.4 is 16.4 Å². The Morgan fingerprint density at radius 3 is 1.88 bits per heavy atom. The molecule has 17 nitrogen and oxygen atoms in total. The highest BCUT2D eigenvalue weighted by atomic mass is 32.2. The molecule has 0 radical (unpaired) electrons. The third-order valence-electron chi connectivity index (χ3n) is 10.3. The van der Waals surface area contributed by atoms with Crippen molar-refractivity contribution in [2.24, 2.45) is 5.16 Å². The van der Waals surface area contributed by atoms with Crippen molar-refractivity contribution in [1.82, 2.24) is 20.5 Å². The standard InChI is InChI=1S/C50H48N6O11S2/c1-5-30-28-68-45-39(44(59)56(45)40(30)47(61)66-42(33-22-14-8-15-23-33)34-24-16-9-17-25-34)54-43(58)38(36-29-69-48(51)52-36)55-64-27-37(57)63-26-35(53-49(62)67-50(2,3)4)46(60)65-41(31-18-10-6-11-19-31)32-20-12-7-13-21-32/h5-25,29,35,39,41-42,45H,1,26-28H2,2-4H3,(H2,51,52)(H,53,62)(H,54,58)/t35?,39?,45-/m0/s1. The maximum absolute atomic E-state index is 14.1. The van der Waals surface area contributed by atoms with Crippen LogP contribution in [0.5, 0.6) is 0 Å². The van der Waals surface area contributed by atoms with E-state index < -0.39 is 90.0 Å². The topological polar surface area (TPSA) is 227 Å². The van der Waals surface area contributed by atoms with Crippen molar-refractivity contribution in [3.05, 3.63) is 179 Å². The lowest BCUT2D eigenvalue weighted by Crippen LogP contribution is -2.71. The van der Waals surface area contributed by atoms with E-state index in [2.05, 4.69) is 27.4 Å². The second-order valence-corrected chi connectivity index (χ2v) is 18.3. The Bertz CT molecular complexity index is 2650. The molecule has 69 heavy (non-hydrogen) atoms. The molecule has 4 N–H and O–H groups in total. The van der Waals surface area contributed by atoms with Crippen LogP contribution in [-0.4, -0.2) is 93.4 Å². The number of thiazole rings is 1. The number of nitrogens with zero attached hydrogens (tertiary/aromatic N) is 3. The second-order valence-electron chi connectivity index (χ2n) is 16.4. The quantitative estimate of drug-likeness (QED) is 0.0285. The highest BCUT2D eigenvalue weighted by Crippen LogP contribution is 2.42. The van der Waals surface area contributed by atoms with E-state index in [1.807, 2.05) is 72.8 Å². The van der Waals surface area contributed by atoms with Crippen LogP contribution in [0.25, 0.3) is 0 Å². The number of thioether (sulfide) groups is 1. The Kier molecular flexibility index (Phi) is 15.9. The molecule has 3 atom stereocenters. The maximum atomic E-state index is 14.1. The van der Waals surface area contributed by atoms with Gasteiger partial charge in [-0.05, 0) is 48.6 Å². The van der Waals surface area contributed by atoms with Gasteiger partial charge in [-0.2, -0.15) is 0 Å². The Morgan fingerprint density at radius 1 is 0.855 bits per heavy atom. The summed E-state index contributed by atoms with van der Waals surface area (Å²) in [6, 6.07) is 33.6. The molecule has 3 heterocycles. The zero-order valence-corrected chi connectivity index (χ0v) is 39.3. The number of carbonyl (C=O) groups excluding carboxylic acids is 6. The van der Waals surface area contributed by atoms with E-state index in [0.29, 0.717) is 16.7 Å². The minimum atomic E-state index is -1.53. The molecule has 19 heteroatoms. The Balaban J connectivity index is 1.02. The minimum absolute atomic E-state index is 0.00752. The van der Waals surface area contributed by atoms with Crippen molar-refractivity contribution < 1.29 is 52.6 Å². The fourth-order valence-corrected chi connectivity index (χ4v) is 9.00. The van der Waals surface area contributed by atoms with Gasteiger partial charge in [-0.25, -0.2) is 24.2 Å². The summed E-state index contributed by atoms with van der Waals surface area (Å²) in [5.41, 5.74) is 7.73. The number of β-lactam (4-membered cyclic amide) rings is 1. The summed E-state index contributed by atoms with van der Waals surface area (Å²) in [5.74, 6) is -3.96. The highest BCUT2D eigenvalue weighted by molar-refractivity contribution is 8.00. The first-order chi connectivity index (χ1) is 33.2. The number of allylic oxidation sites excluding steroid dienone is 1. The number of rotatable bonds is 18. The van der Waals surface area contributed by atoms with E-state index in [1.165, 1.54) is 28.1 Å². The van der Waals surface area contributed by atoms with Gasteiger partial charge >= 0.3 is 24.0 Å². The van der Waals surface area contributed by atoms with E-state index >= 15 is 0 Å². The van der Waals surface area contributed by atoms with Crippen LogP contribution in [0, 0.1) is 0 Å². The molecule has 4 aromatic carbocycles. The lowest BCUT2D eigenvalue weighted by atomic mass is 10.0. The molecule has 1 fully saturated rings. The number of carbonyl (C=O) groups is 6. The summed E-state index contributed by atoms with van der Waals surface area (Å²) in [6.07, 6.45) is -1.14. The number of oxime groups is 1. The molecule has 356 valence electrons. The fourth-order valence-electron chi connectivity index (χ4n) is 7.11. The molecule has 1 saturated heterocycles. The number of nitrogens with two attached hydrogens (primary N) is 1. The first-order valence-corrected chi connectivity index (χ1v) is 23.4. The average Bonchev–Trinajstić information content (AvgIpc) is 3.79. The van der Waals surface area contributed by atoms with Crippen LogP contribution in [0.15, 0.2) is 156 Å². The molecule has 0 bridgehead atoms. The molecular formula is C50H48N6O11S2.